The lowest BCUT2D eigenvalue weighted by molar-refractivity contribution is -0.155. The molecule has 3 aromatic rings. The van der Waals surface area contributed by atoms with Gasteiger partial charge >= 0.3 is 5.97 Å². The van der Waals surface area contributed by atoms with Crippen LogP contribution >= 0.6 is 0 Å². The van der Waals surface area contributed by atoms with Gasteiger partial charge in [-0.1, -0.05) is 0 Å². The average molecular weight is 527 g/mol. The third-order valence-electron chi connectivity index (χ3n) is 5.90. The van der Waals surface area contributed by atoms with E-state index in [4.69, 9.17) is 18.9 Å². The zero-order valence-corrected chi connectivity index (χ0v) is 22.5. The molecule has 0 aliphatic carbocycles. The summed E-state index contributed by atoms with van der Waals surface area (Å²) >= 11 is 0. The molecule has 1 saturated heterocycles. The Morgan fingerprint density at radius 3 is 2.50 bits per heavy atom. The number of methoxy groups -OCH3 is 1. The number of amides is 1. The van der Waals surface area contributed by atoms with Crippen molar-refractivity contribution in [3.63, 3.8) is 0 Å². The van der Waals surface area contributed by atoms with E-state index in [-0.39, 0.29) is 12.5 Å². The van der Waals surface area contributed by atoms with Crippen molar-refractivity contribution in [3.8, 4) is 23.1 Å². The van der Waals surface area contributed by atoms with E-state index in [0.717, 1.165) is 32.7 Å². The summed E-state index contributed by atoms with van der Waals surface area (Å²) in [5, 5.41) is 4.81. The highest BCUT2D eigenvalue weighted by atomic mass is 16.6. The molecule has 0 atom stereocenters. The lowest BCUT2D eigenvalue weighted by atomic mass is 10.2. The van der Waals surface area contributed by atoms with Gasteiger partial charge in [-0.2, -0.15) is 5.10 Å². The Bertz CT molecular complexity index is 1280. The maximum Gasteiger partial charge on any atom is 0.328 e. The number of fused-ring (bicyclic) bond motifs is 1. The number of rotatable bonds is 9. The van der Waals surface area contributed by atoms with E-state index in [1.807, 2.05) is 25.7 Å². The number of carbonyl (C=O) groups is 2. The third-order valence-corrected chi connectivity index (χ3v) is 5.90. The van der Waals surface area contributed by atoms with E-state index < -0.39 is 11.6 Å². The summed E-state index contributed by atoms with van der Waals surface area (Å²) in [4.78, 5) is 36.4. The molecule has 4 rings (SSSR count). The maximum absolute atomic E-state index is 12.1. The molecule has 0 N–H and O–H groups in total. The highest BCUT2D eigenvalue weighted by molar-refractivity contribution is 5.87. The smallest absolute Gasteiger partial charge is 0.328 e. The normalized spacial score (nSPS) is 14.4. The zero-order valence-electron chi connectivity index (χ0n) is 22.5. The van der Waals surface area contributed by atoms with E-state index in [9.17, 15) is 9.59 Å². The first-order chi connectivity index (χ1) is 18.1. The third kappa shape index (κ3) is 7.09. The van der Waals surface area contributed by atoms with Crippen LogP contribution in [0.3, 0.4) is 0 Å². The van der Waals surface area contributed by atoms with Crippen LogP contribution in [0, 0.1) is 0 Å². The number of nitrogens with zero attached hydrogens (tertiary/aromatic N) is 6. The molecule has 0 saturated carbocycles. The summed E-state index contributed by atoms with van der Waals surface area (Å²) in [6, 6.07) is 3.57. The van der Waals surface area contributed by atoms with Gasteiger partial charge < -0.3 is 23.8 Å². The van der Waals surface area contributed by atoms with E-state index in [1.165, 1.54) is 17.2 Å². The zero-order chi connectivity index (χ0) is 27.3. The number of aromatic nitrogens is 4. The van der Waals surface area contributed by atoms with E-state index in [1.54, 1.807) is 32.4 Å². The molecule has 3 heterocycles. The first kappa shape index (κ1) is 27.1. The SMILES string of the molecule is COc1cc2c(Oc3cnn(CC(=O)OC(C)(C)C)c3)ncnc2cc1OCCN1CCN(C(C)=O)CC1. The monoisotopic (exact) mass is 526 g/mol. The number of piperazine rings is 1. The van der Waals surface area contributed by atoms with Crippen LogP contribution < -0.4 is 14.2 Å². The number of carbonyl (C=O) groups excluding carboxylic acids is 2. The first-order valence-electron chi connectivity index (χ1n) is 12.5. The van der Waals surface area contributed by atoms with Gasteiger partial charge in [0.2, 0.25) is 11.8 Å². The van der Waals surface area contributed by atoms with Gasteiger partial charge in [-0.3, -0.25) is 19.2 Å². The number of benzene rings is 1. The topological polar surface area (TPSA) is 121 Å². The molecule has 2 aromatic heterocycles. The molecule has 0 unspecified atom stereocenters. The van der Waals surface area contributed by atoms with Gasteiger partial charge in [0, 0.05) is 45.7 Å². The van der Waals surface area contributed by atoms with E-state index in [0.29, 0.717) is 40.6 Å². The van der Waals surface area contributed by atoms with Gasteiger partial charge in [0.1, 0.15) is 25.1 Å². The lowest BCUT2D eigenvalue weighted by Crippen LogP contribution is -2.48. The summed E-state index contributed by atoms with van der Waals surface area (Å²) in [6.45, 7) is 11.3. The first-order valence-corrected chi connectivity index (χ1v) is 12.5. The highest BCUT2D eigenvalue weighted by Crippen LogP contribution is 2.36. The summed E-state index contributed by atoms with van der Waals surface area (Å²) in [5.41, 5.74) is 0.0543. The van der Waals surface area contributed by atoms with Crippen LogP contribution in [0.2, 0.25) is 0 Å². The quantitative estimate of drug-likeness (QED) is 0.385. The Morgan fingerprint density at radius 1 is 1.05 bits per heavy atom. The van der Waals surface area contributed by atoms with Gasteiger partial charge in [-0.15, -0.1) is 0 Å². The minimum atomic E-state index is -0.573. The second-order valence-electron chi connectivity index (χ2n) is 9.96. The molecular formula is C26H34N6O6. The number of esters is 1. The van der Waals surface area contributed by atoms with Crippen molar-refractivity contribution in [2.45, 2.75) is 39.8 Å². The van der Waals surface area contributed by atoms with Gasteiger partial charge in [0.15, 0.2) is 17.2 Å². The Kier molecular flexibility index (Phi) is 8.30. The van der Waals surface area contributed by atoms with Crippen LogP contribution in [-0.2, 0) is 20.9 Å². The highest BCUT2D eigenvalue weighted by Gasteiger charge is 2.20. The van der Waals surface area contributed by atoms with Gasteiger partial charge in [0.25, 0.3) is 0 Å². The van der Waals surface area contributed by atoms with Crippen LogP contribution in [0.1, 0.15) is 27.7 Å². The van der Waals surface area contributed by atoms with Crippen molar-refractivity contribution in [2.75, 3.05) is 46.4 Å². The van der Waals surface area contributed by atoms with Crippen LogP contribution in [-0.4, -0.2) is 93.5 Å². The average Bonchev–Trinajstić information content (AvgIpc) is 3.29. The largest absolute Gasteiger partial charge is 0.493 e. The molecule has 0 radical (unpaired) electrons. The van der Waals surface area contributed by atoms with Gasteiger partial charge in [0.05, 0.1) is 30.4 Å². The van der Waals surface area contributed by atoms with Crippen LogP contribution in [0.5, 0.6) is 23.1 Å². The van der Waals surface area contributed by atoms with Crippen molar-refractivity contribution in [3.05, 3.63) is 30.9 Å². The van der Waals surface area contributed by atoms with E-state index >= 15 is 0 Å². The minimum absolute atomic E-state index is 0.0356. The standard InChI is InChI=1S/C26H34N6O6/c1-18(33)31-8-6-30(7-9-31)10-11-36-23-13-21-20(12-22(23)35-5)25(28-17-27-21)37-19-14-29-32(15-19)16-24(34)38-26(2,3)4/h12-15,17H,6-11,16H2,1-5H3. The second-order valence-corrected chi connectivity index (χ2v) is 9.96. The van der Waals surface area contributed by atoms with Crippen molar-refractivity contribution in [1.82, 2.24) is 29.5 Å². The lowest BCUT2D eigenvalue weighted by Gasteiger charge is -2.34. The Balaban J connectivity index is 1.40. The minimum Gasteiger partial charge on any atom is -0.493 e. The molecule has 204 valence electrons. The molecule has 1 fully saturated rings. The fraction of sp³-hybridized carbons (Fsp3) is 0.500. The number of hydrogen-bond acceptors (Lipinski definition) is 10. The summed E-state index contributed by atoms with van der Waals surface area (Å²) in [7, 11) is 1.57. The molecule has 0 bridgehead atoms. The second kappa shape index (κ2) is 11.6. The Morgan fingerprint density at radius 2 is 1.82 bits per heavy atom. The maximum atomic E-state index is 12.1. The number of hydrogen-bond donors (Lipinski definition) is 0. The van der Waals surface area contributed by atoms with E-state index in [2.05, 4.69) is 20.0 Å². The molecule has 1 aliphatic rings. The van der Waals surface area contributed by atoms with Crippen LogP contribution in [0.25, 0.3) is 10.9 Å². The molecule has 1 aromatic carbocycles. The number of ether oxygens (including phenoxy) is 4. The molecule has 12 nitrogen and oxygen atoms in total. The van der Waals surface area contributed by atoms with Gasteiger partial charge in [-0.25, -0.2) is 9.97 Å². The molecule has 12 heteroatoms. The molecule has 1 amide bonds. The van der Waals surface area contributed by atoms with Crippen molar-refractivity contribution < 1.29 is 28.5 Å². The Labute approximate surface area is 221 Å². The van der Waals surface area contributed by atoms with Crippen molar-refractivity contribution in [1.29, 1.82) is 0 Å². The molecule has 0 spiro atoms. The summed E-state index contributed by atoms with van der Waals surface area (Å²) < 4.78 is 24.3. The fourth-order valence-corrected chi connectivity index (χ4v) is 4.07. The van der Waals surface area contributed by atoms with Crippen molar-refractivity contribution >= 4 is 22.8 Å². The summed E-state index contributed by atoms with van der Waals surface area (Å²) in [6.07, 6.45) is 4.51. The summed E-state index contributed by atoms with van der Waals surface area (Å²) in [5.74, 6) is 1.55. The van der Waals surface area contributed by atoms with Crippen LogP contribution in [0.15, 0.2) is 30.9 Å². The van der Waals surface area contributed by atoms with Gasteiger partial charge in [-0.05, 0) is 26.8 Å². The predicted octanol–water partition coefficient (Wildman–Crippen LogP) is 2.51. The van der Waals surface area contributed by atoms with Crippen molar-refractivity contribution in [2.24, 2.45) is 0 Å². The predicted molar refractivity (Wildman–Crippen MR) is 138 cm³/mol. The van der Waals surface area contributed by atoms with Crippen LogP contribution in [0.4, 0.5) is 0 Å². The molecular weight excluding hydrogens is 492 g/mol. The Hall–Kier alpha value is -3.93. The fourth-order valence-electron chi connectivity index (χ4n) is 4.07. The molecule has 38 heavy (non-hydrogen) atoms. The molecule has 1 aliphatic heterocycles.